The highest BCUT2D eigenvalue weighted by Gasteiger charge is 2.37. The quantitative estimate of drug-likeness (QED) is 0.797. The summed E-state index contributed by atoms with van der Waals surface area (Å²) in [5, 5.41) is 0. The number of nitrogens with zero attached hydrogens (tertiary/aromatic N) is 2. The maximum absolute atomic E-state index is 13.3. The molecule has 2 aliphatic carbocycles. The van der Waals surface area contributed by atoms with Crippen molar-refractivity contribution in [2.75, 3.05) is 0 Å². The fourth-order valence-electron chi connectivity index (χ4n) is 3.62. The molecular formula is C17H20F2N2O. The van der Waals surface area contributed by atoms with Crippen molar-refractivity contribution in [3.63, 3.8) is 0 Å². The Balaban J connectivity index is 1.60. The Morgan fingerprint density at radius 2 is 1.95 bits per heavy atom. The van der Waals surface area contributed by atoms with E-state index in [0.717, 1.165) is 12.1 Å². The van der Waals surface area contributed by atoms with Gasteiger partial charge in [-0.2, -0.15) is 0 Å². The van der Waals surface area contributed by atoms with Crippen LogP contribution in [0.5, 0.6) is 0 Å². The van der Waals surface area contributed by atoms with Crippen LogP contribution in [0.3, 0.4) is 0 Å². The number of hydrogen-bond donors (Lipinski definition) is 0. The van der Waals surface area contributed by atoms with E-state index in [1.807, 2.05) is 16.8 Å². The molecule has 5 heteroatoms. The molecule has 1 aromatic rings. The summed E-state index contributed by atoms with van der Waals surface area (Å²) >= 11 is 0. The second-order valence-electron chi connectivity index (χ2n) is 6.97. The summed E-state index contributed by atoms with van der Waals surface area (Å²) in [5.41, 5.74) is 1.64. The van der Waals surface area contributed by atoms with E-state index in [1.54, 1.807) is 0 Å². The molecule has 22 heavy (non-hydrogen) atoms. The van der Waals surface area contributed by atoms with Crippen LogP contribution in [-0.2, 0) is 0 Å². The molecular weight excluding hydrogens is 286 g/mol. The van der Waals surface area contributed by atoms with Gasteiger partial charge < -0.3 is 4.57 Å². The van der Waals surface area contributed by atoms with Gasteiger partial charge in [-0.05, 0) is 44.1 Å². The molecule has 0 amide bonds. The number of rotatable bonds is 3. The fraction of sp³-hybridized carbons (Fsp3) is 0.647. The number of carbonyl (C=O) groups is 1. The lowest BCUT2D eigenvalue weighted by molar-refractivity contribution is -0.0438. The van der Waals surface area contributed by atoms with Gasteiger partial charge in [0.2, 0.25) is 5.92 Å². The molecule has 0 aromatic carbocycles. The number of fused-ring (bicyclic) bond motifs is 1. The molecule has 2 fully saturated rings. The summed E-state index contributed by atoms with van der Waals surface area (Å²) in [6.07, 6.45) is 6.44. The Bertz CT molecular complexity index is 633. The summed E-state index contributed by atoms with van der Waals surface area (Å²) in [6.45, 7) is 0. The van der Waals surface area contributed by atoms with Gasteiger partial charge in [-0.25, -0.2) is 13.8 Å². The van der Waals surface area contributed by atoms with Crippen molar-refractivity contribution in [1.29, 1.82) is 0 Å². The Hall–Kier alpha value is -1.52. The second kappa shape index (κ2) is 5.00. The fourth-order valence-corrected chi connectivity index (χ4v) is 3.62. The van der Waals surface area contributed by atoms with Crippen LogP contribution in [-0.4, -0.2) is 22.0 Å². The van der Waals surface area contributed by atoms with Crippen LogP contribution in [0.1, 0.15) is 67.8 Å². The minimum Gasteiger partial charge on any atom is -0.329 e. The van der Waals surface area contributed by atoms with Crippen molar-refractivity contribution in [3.8, 4) is 0 Å². The molecule has 0 N–H and O–H groups in total. The van der Waals surface area contributed by atoms with E-state index in [1.165, 1.54) is 12.8 Å². The maximum atomic E-state index is 13.3. The monoisotopic (exact) mass is 306 g/mol. The number of aromatic nitrogens is 1. The molecule has 118 valence electrons. The third-order valence-electron chi connectivity index (χ3n) is 5.12. The van der Waals surface area contributed by atoms with Crippen molar-refractivity contribution < 1.29 is 13.6 Å². The first-order chi connectivity index (χ1) is 10.5. The third kappa shape index (κ3) is 2.61. The van der Waals surface area contributed by atoms with Crippen LogP contribution in [0, 0.1) is 5.92 Å². The van der Waals surface area contributed by atoms with Gasteiger partial charge in [0.05, 0.1) is 5.56 Å². The highest BCUT2D eigenvalue weighted by molar-refractivity contribution is 6.15. The minimum absolute atomic E-state index is 0.0419. The number of hydrogen-bond acceptors (Lipinski definition) is 2. The van der Waals surface area contributed by atoms with Gasteiger partial charge in [-0.1, -0.05) is 0 Å². The lowest BCUT2D eigenvalue weighted by Crippen LogP contribution is -2.26. The van der Waals surface area contributed by atoms with E-state index in [4.69, 9.17) is 4.99 Å². The summed E-state index contributed by atoms with van der Waals surface area (Å²) in [7, 11) is 0. The van der Waals surface area contributed by atoms with Gasteiger partial charge in [0.15, 0.2) is 5.78 Å². The van der Waals surface area contributed by atoms with E-state index < -0.39 is 5.92 Å². The summed E-state index contributed by atoms with van der Waals surface area (Å²) in [5.74, 6) is -0.993. The smallest absolute Gasteiger partial charge is 0.248 e. The predicted molar refractivity (Wildman–Crippen MR) is 80.3 cm³/mol. The van der Waals surface area contributed by atoms with E-state index in [0.29, 0.717) is 36.6 Å². The molecule has 1 aromatic heterocycles. The molecule has 3 nitrogen and oxygen atoms in total. The highest BCUT2D eigenvalue weighted by atomic mass is 19.3. The average molecular weight is 306 g/mol. The molecule has 2 saturated carbocycles. The van der Waals surface area contributed by atoms with Crippen LogP contribution < -0.4 is 0 Å². The number of halogens is 2. The predicted octanol–water partition coefficient (Wildman–Crippen LogP) is 4.70. The molecule has 2 heterocycles. The van der Waals surface area contributed by atoms with Gasteiger partial charge in [-0.15, -0.1) is 0 Å². The lowest BCUT2D eigenvalue weighted by atomic mass is 9.92. The number of ketones is 1. The standard InChI is InChI=1S/C17H20F2N2O/c18-17(19)6-3-13(4-7-17)21-8-5-14-15(22)10-12(20-16(14)21)9-11-1-2-11/h5,8,11,13H,1-4,6-7,9-10H2. The molecule has 1 aliphatic heterocycles. The van der Waals surface area contributed by atoms with Gasteiger partial charge in [0.25, 0.3) is 0 Å². The van der Waals surface area contributed by atoms with Crippen LogP contribution in [0.2, 0.25) is 0 Å². The van der Waals surface area contributed by atoms with Crippen LogP contribution >= 0.6 is 0 Å². The van der Waals surface area contributed by atoms with Crippen molar-refractivity contribution >= 4 is 17.3 Å². The molecule has 0 saturated heterocycles. The lowest BCUT2D eigenvalue weighted by Gasteiger charge is -2.30. The zero-order valence-corrected chi connectivity index (χ0v) is 12.5. The largest absolute Gasteiger partial charge is 0.329 e. The Labute approximate surface area is 128 Å². The topological polar surface area (TPSA) is 34.4 Å². The van der Waals surface area contributed by atoms with Crippen molar-refractivity contribution in [2.45, 2.75) is 63.3 Å². The van der Waals surface area contributed by atoms with Gasteiger partial charge in [0.1, 0.15) is 5.82 Å². The maximum Gasteiger partial charge on any atom is 0.248 e. The Morgan fingerprint density at radius 1 is 1.23 bits per heavy atom. The third-order valence-corrected chi connectivity index (χ3v) is 5.12. The van der Waals surface area contributed by atoms with E-state index in [-0.39, 0.29) is 24.7 Å². The average Bonchev–Trinajstić information content (AvgIpc) is 3.16. The van der Waals surface area contributed by atoms with E-state index >= 15 is 0 Å². The minimum atomic E-state index is -2.53. The summed E-state index contributed by atoms with van der Waals surface area (Å²) in [6, 6.07) is 1.85. The van der Waals surface area contributed by atoms with Crippen LogP contribution in [0.15, 0.2) is 17.3 Å². The number of aliphatic imine (C=N–C) groups is 1. The molecule has 0 unspecified atom stereocenters. The molecule has 0 bridgehead atoms. The van der Waals surface area contributed by atoms with E-state index in [2.05, 4.69) is 0 Å². The van der Waals surface area contributed by atoms with Gasteiger partial charge in [0, 0.05) is 37.2 Å². The number of carbonyl (C=O) groups excluding carboxylic acids is 1. The van der Waals surface area contributed by atoms with Crippen LogP contribution in [0.25, 0.3) is 0 Å². The molecule has 0 atom stereocenters. The zero-order valence-electron chi connectivity index (χ0n) is 12.5. The zero-order chi connectivity index (χ0) is 15.3. The van der Waals surface area contributed by atoms with Crippen LogP contribution in [0.4, 0.5) is 14.6 Å². The van der Waals surface area contributed by atoms with Gasteiger partial charge in [-0.3, -0.25) is 4.79 Å². The SMILES string of the molecule is O=C1CC(CC2CC2)=Nc2c1ccn2C1CCC(F)(F)CC1. The number of Topliss-reactive ketones (excluding diaryl/α,β-unsaturated/α-hetero) is 1. The second-order valence-corrected chi connectivity index (χ2v) is 6.97. The first-order valence-electron chi connectivity index (χ1n) is 8.20. The number of alkyl halides is 2. The van der Waals surface area contributed by atoms with Crippen molar-refractivity contribution in [2.24, 2.45) is 10.9 Å². The highest BCUT2D eigenvalue weighted by Crippen LogP contribution is 2.42. The van der Waals surface area contributed by atoms with Gasteiger partial charge >= 0.3 is 0 Å². The molecule has 0 radical (unpaired) electrons. The first-order valence-corrected chi connectivity index (χ1v) is 8.20. The Morgan fingerprint density at radius 3 is 2.64 bits per heavy atom. The summed E-state index contributed by atoms with van der Waals surface area (Å²) in [4.78, 5) is 17.0. The Kier molecular flexibility index (Phi) is 3.20. The molecule has 3 aliphatic rings. The normalized spacial score (nSPS) is 25.0. The first kappa shape index (κ1) is 14.1. The van der Waals surface area contributed by atoms with Crippen molar-refractivity contribution in [3.05, 3.63) is 17.8 Å². The molecule has 0 spiro atoms. The molecule has 4 rings (SSSR count). The van der Waals surface area contributed by atoms with E-state index in [9.17, 15) is 13.6 Å². The summed E-state index contributed by atoms with van der Waals surface area (Å²) < 4.78 is 28.7. The van der Waals surface area contributed by atoms with Crippen molar-refractivity contribution in [1.82, 2.24) is 4.57 Å².